The lowest BCUT2D eigenvalue weighted by Gasteiger charge is -2.12. The molecule has 4 aromatic rings. The van der Waals surface area contributed by atoms with E-state index in [2.05, 4.69) is 17.2 Å². The number of fused-ring (bicyclic) bond motifs is 1. The van der Waals surface area contributed by atoms with E-state index >= 15 is 0 Å². The molecule has 0 aliphatic carbocycles. The number of nitrogens with zero attached hydrogens (tertiary/aromatic N) is 2. The van der Waals surface area contributed by atoms with Gasteiger partial charge in [0.25, 0.3) is 0 Å². The monoisotopic (exact) mass is 405 g/mol. The number of benzene rings is 2. The van der Waals surface area contributed by atoms with Gasteiger partial charge in [-0.15, -0.1) is 11.3 Å². The lowest BCUT2D eigenvalue weighted by atomic mass is 10.2. The van der Waals surface area contributed by atoms with Crippen molar-refractivity contribution in [3.05, 3.63) is 71.9 Å². The van der Waals surface area contributed by atoms with E-state index in [-0.39, 0.29) is 12.3 Å². The summed E-state index contributed by atoms with van der Waals surface area (Å²) in [5, 5.41) is 4.97. The molecule has 29 heavy (non-hydrogen) atoms. The van der Waals surface area contributed by atoms with Crippen LogP contribution in [0.25, 0.3) is 16.2 Å². The highest BCUT2D eigenvalue weighted by molar-refractivity contribution is 7.15. The molecule has 0 radical (unpaired) electrons. The summed E-state index contributed by atoms with van der Waals surface area (Å²) in [7, 11) is 0. The molecule has 0 saturated carbocycles. The number of aromatic nitrogens is 2. The van der Waals surface area contributed by atoms with Gasteiger partial charge in [0.2, 0.25) is 5.91 Å². The molecule has 5 nitrogen and oxygen atoms in total. The fraction of sp³-hybridized carbons (Fsp3) is 0.217. The molecule has 0 unspecified atom stereocenters. The molecule has 0 aliphatic heterocycles. The van der Waals surface area contributed by atoms with Crippen molar-refractivity contribution in [2.45, 2.75) is 26.2 Å². The molecule has 1 amide bonds. The van der Waals surface area contributed by atoms with Gasteiger partial charge in [0.1, 0.15) is 5.75 Å². The predicted octanol–water partition coefficient (Wildman–Crippen LogP) is 5.42. The number of hydrogen-bond donors (Lipinski definition) is 1. The third-order valence-corrected chi connectivity index (χ3v) is 5.50. The van der Waals surface area contributed by atoms with Crippen LogP contribution < -0.4 is 10.1 Å². The lowest BCUT2D eigenvalue weighted by Crippen LogP contribution is -2.16. The van der Waals surface area contributed by atoms with Crippen LogP contribution in [-0.2, 0) is 11.2 Å². The number of imidazole rings is 1. The number of anilines is 1. The molecule has 2 aromatic carbocycles. The topological polar surface area (TPSA) is 55.6 Å². The lowest BCUT2D eigenvalue weighted by molar-refractivity contribution is -0.115. The second-order valence-corrected chi connectivity index (χ2v) is 7.63. The Balaban J connectivity index is 1.48. The van der Waals surface area contributed by atoms with E-state index in [9.17, 15) is 4.79 Å². The van der Waals surface area contributed by atoms with Crippen molar-refractivity contribution in [2.24, 2.45) is 0 Å². The normalized spacial score (nSPS) is 10.9. The van der Waals surface area contributed by atoms with Gasteiger partial charge in [-0.25, -0.2) is 4.98 Å². The minimum absolute atomic E-state index is 0.0776. The zero-order chi connectivity index (χ0) is 20.1. The molecule has 0 saturated heterocycles. The van der Waals surface area contributed by atoms with Crippen molar-refractivity contribution in [3.63, 3.8) is 0 Å². The molecule has 4 rings (SSSR count). The summed E-state index contributed by atoms with van der Waals surface area (Å²) in [6.45, 7) is 2.77. The Morgan fingerprint density at radius 2 is 1.93 bits per heavy atom. The second kappa shape index (κ2) is 8.92. The van der Waals surface area contributed by atoms with Gasteiger partial charge >= 0.3 is 0 Å². The van der Waals surface area contributed by atoms with Crippen LogP contribution >= 0.6 is 11.3 Å². The molecule has 6 heteroatoms. The van der Waals surface area contributed by atoms with Crippen molar-refractivity contribution in [3.8, 4) is 17.0 Å². The Bertz CT molecular complexity index is 1100. The zero-order valence-corrected chi connectivity index (χ0v) is 17.1. The van der Waals surface area contributed by atoms with Crippen molar-refractivity contribution in [1.29, 1.82) is 0 Å². The Labute approximate surface area is 174 Å². The molecule has 2 heterocycles. The number of para-hydroxylation sites is 2. The maximum atomic E-state index is 12.7. The average Bonchev–Trinajstić information content (AvgIpc) is 3.32. The van der Waals surface area contributed by atoms with E-state index in [4.69, 9.17) is 4.74 Å². The predicted molar refractivity (Wildman–Crippen MR) is 118 cm³/mol. The molecule has 0 spiro atoms. The first-order valence-corrected chi connectivity index (χ1v) is 10.6. The fourth-order valence-electron chi connectivity index (χ4n) is 3.09. The SMILES string of the molecule is CCCCOc1ccccc1NC(=O)Cc1csc2nc(-c3ccccc3)cn12. The summed E-state index contributed by atoms with van der Waals surface area (Å²) in [4.78, 5) is 18.3. The highest BCUT2D eigenvalue weighted by atomic mass is 32.1. The van der Waals surface area contributed by atoms with Crippen LogP contribution in [0.3, 0.4) is 0 Å². The number of thiazole rings is 1. The summed E-state index contributed by atoms with van der Waals surface area (Å²) in [6, 6.07) is 17.6. The largest absolute Gasteiger partial charge is 0.491 e. The zero-order valence-electron chi connectivity index (χ0n) is 16.3. The summed E-state index contributed by atoms with van der Waals surface area (Å²) in [6.07, 6.45) is 4.32. The van der Waals surface area contributed by atoms with Crippen molar-refractivity contribution >= 4 is 27.9 Å². The van der Waals surface area contributed by atoms with Gasteiger partial charge in [-0.3, -0.25) is 9.20 Å². The molecule has 0 aliphatic rings. The number of amides is 1. The molecule has 0 atom stereocenters. The number of ether oxygens (including phenoxy) is 1. The van der Waals surface area contributed by atoms with E-state index in [1.807, 2.05) is 70.6 Å². The highest BCUT2D eigenvalue weighted by Crippen LogP contribution is 2.26. The smallest absolute Gasteiger partial charge is 0.230 e. The number of nitrogens with one attached hydrogen (secondary N) is 1. The summed E-state index contributed by atoms with van der Waals surface area (Å²) in [5.74, 6) is 0.630. The minimum atomic E-state index is -0.0776. The Kier molecular flexibility index (Phi) is 5.91. The highest BCUT2D eigenvalue weighted by Gasteiger charge is 2.14. The van der Waals surface area contributed by atoms with E-state index in [1.54, 1.807) is 11.3 Å². The van der Waals surface area contributed by atoms with Gasteiger partial charge in [0.15, 0.2) is 4.96 Å². The molecule has 0 bridgehead atoms. The van der Waals surface area contributed by atoms with Gasteiger partial charge in [-0.05, 0) is 18.6 Å². The first-order chi connectivity index (χ1) is 14.2. The second-order valence-electron chi connectivity index (χ2n) is 6.79. The Morgan fingerprint density at radius 1 is 1.14 bits per heavy atom. The minimum Gasteiger partial charge on any atom is -0.491 e. The van der Waals surface area contributed by atoms with Crippen molar-refractivity contribution in [1.82, 2.24) is 9.38 Å². The average molecular weight is 406 g/mol. The quantitative estimate of drug-likeness (QED) is 0.398. The van der Waals surface area contributed by atoms with E-state index in [0.29, 0.717) is 18.0 Å². The third-order valence-electron chi connectivity index (χ3n) is 4.61. The Hall–Kier alpha value is -3.12. The van der Waals surface area contributed by atoms with Gasteiger partial charge in [-0.1, -0.05) is 55.8 Å². The summed E-state index contributed by atoms with van der Waals surface area (Å²) in [5.41, 5.74) is 3.60. The van der Waals surface area contributed by atoms with Crippen LogP contribution in [0.15, 0.2) is 66.2 Å². The molecule has 0 fully saturated rings. The molecule has 148 valence electrons. The number of unbranched alkanes of at least 4 members (excludes halogenated alkanes) is 1. The van der Waals surface area contributed by atoms with Gasteiger partial charge in [0, 0.05) is 22.8 Å². The number of carbonyl (C=O) groups excluding carboxylic acids is 1. The third kappa shape index (κ3) is 4.49. The maximum Gasteiger partial charge on any atom is 0.230 e. The fourth-order valence-corrected chi connectivity index (χ4v) is 3.96. The molecular formula is C23H23N3O2S. The van der Waals surface area contributed by atoms with E-state index < -0.39 is 0 Å². The number of carbonyl (C=O) groups is 1. The van der Waals surface area contributed by atoms with Crippen molar-refractivity contribution in [2.75, 3.05) is 11.9 Å². The van der Waals surface area contributed by atoms with Crippen molar-refractivity contribution < 1.29 is 9.53 Å². The summed E-state index contributed by atoms with van der Waals surface area (Å²) < 4.78 is 7.80. The standard InChI is InChI=1S/C23H23N3O2S/c1-2-3-13-28-21-12-8-7-11-19(21)24-22(27)14-18-16-29-23-25-20(15-26(18)23)17-9-5-4-6-10-17/h4-12,15-16H,2-3,13-14H2,1H3,(H,24,27). The van der Waals surface area contributed by atoms with Crippen LogP contribution in [0.4, 0.5) is 5.69 Å². The van der Waals surface area contributed by atoms with Crippen LogP contribution in [0.2, 0.25) is 0 Å². The van der Waals surface area contributed by atoms with Crippen LogP contribution in [-0.4, -0.2) is 21.9 Å². The Morgan fingerprint density at radius 3 is 2.76 bits per heavy atom. The van der Waals surface area contributed by atoms with Crippen LogP contribution in [0, 0.1) is 0 Å². The molecule has 2 aromatic heterocycles. The number of rotatable bonds is 8. The summed E-state index contributed by atoms with van der Waals surface area (Å²) >= 11 is 1.54. The van der Waals surface area contributed by atoms with Gasteiger partial charge in [-0.2, -0.15) is 0 Å². The van der Waals surface area contributed by atoms with Gasteiger partial charge < -0.3 is 10.1 Å². The maximum absolute atomic E-state index is 12.7. The van der Waals surface area contributed by atoms with Crippen LogP contribution in [0.1, 0.15) is 25.5 Å². The van der Waals surface area contributed by atoms with Crippen LogP contribution in [0.5, 0.6) is 5.75 Å². The number of hydrogen-bond acceptors (Lipinski definition) is 4. The van der Waals surface area contributed by atoms with E-state index in [1.165, 1.54) is 0 Å². The molecular weight excluding hydrogens is 382 g/mol. The first-order valence-electron chi connectivity index (χ1n) is 9.77. The molecule has 1 N–H and O–H groups in total. The first kappa shape index (κ1) is 19.2. The van der Waals surface area contributed by atoms with E-state index in [0.717, 1.165) is 34.8 Å². The van der Waals surface area contributed by atoms with Gasteiger partial charge in [0.05, 0.1) is 24.4 Å².